The third-order valence-electron chi connectivity index (χ3n) is 4.73. The first kappa shape index (κ1) is 12.4. The highest BCUT2D eigenvalue weighted by atomic mass is 16.2. The van der Waals surface area contributed by atoms with Gasteiger partial charge in [0.05, 0.1) is 11.2 Å². The minimum atomic E-state index is 0.112. The zero-order valence-corrected chi connectivity index (χ0v) is 12.2. The molecule has 0 spiro atoms. The fourth-order valence-corrected chi connectivity index (χ4v) is 3.57. The van der Waals surface area contributed by atoms with Crippen molar-refractivity contribution in [1.29, 1.82) is 0 Å². The maximum atomic E-state index is 12.2. The van der Waals surface area contributed by atoms with Crippen molar-refractivity contribution < 1.29 is 9.59 Å². The number of carbonyl (C=O) groups is 2. The first-order valence-electron chi connectivity index (χ1n) is 7.23. The van der Waals surface area contributed by atoms with Gasteiger partial charge in [-0.15, -0.1) is 0 Å². The van der Waals surface area contributed by atoms with Crippen LogP contribution in [0.5, 0.6) is 0 Å². The molecule has 2 aliphatic heterocycles. The molecule has 0 atom stereocenters. The van der Waals surface area contributed by atoms with Crippen LogP contribution in [-0.4, -0.2) is 34.9 Å². The van der Waals surface area contributed by atoms with Crippen molar-refractivity contribution in [2.45, 2.75) is 26.4 Å². The van der Waals surface area contributed by atoms with E-state index < -0.39 is 0 Å². The van der Waals surface area contributed by atoms with Gasteiger partial charge in [0, 0.05) is 50.1 Å². The summed E-state index contributed by atoms with van der Waals surface area (Å²) in [4.78, 5) is 27.5. The van der Waals surface area contributed by atoms with E-state index >= 15 is 0 Å². The Labute approximate surface area is 122 Å². The molecule has 2 aromatic rings. The fourth-order valence-electron chi connectivity index (χ4n) is 3.57. The van der Waals surface area contributed by atoms with Gasteiger partial charge < -0.3 is 14.4 Å². The summed E-state index contributed by atoms with van der Waals surface area (Å²) in [5.41, 5.74) is 4.52. The van der Waals surface area contributed by atoms with E-state index in [2.05, 4.69) is 10.6 Å². The number of fused-ring (bicyclic) bond motifs is 3. The largest absolute Gasteiger partial charge is 0.338 e. The fraction of sp³-hybridized carbons (Fsp3) is 0.375. The lowest BCUT2D eigenvalue weighted by molar-refractivity contribution is -0.129. The number of rotatable bonds is 0. The van der Waals surface area contributed by atoms with Crippen LogP contribution >= 0.6 is 0 Å². The normalized spacial score (nSPS) is 17.3. The first-order chi connectivity index (χ1) is 10.1. The molecule has 0 radical (unpaired) electrons. The van der Waals surface area contributed by atoms with E-state index in [1.807, 2.05) is 24.1 Å². The Balaban J connectivity index is 1.99. The second-order valence-electron chi connectivity index (χ2n) is 5.83. The second kappa shape index (κ2) is 4.10. The van der Waals surface area contributed by atoms with E-state index in [0.29, 0.717) is 13.1 Å². The van der Waals surface area contributed by atoms with Crippen molar-refractivity contribution >= 4 is 28.4 Å². The molecule has 0 saturated heterocycles. The van der Waals surface area contributed by atoms with Crippen molar-refractivity contribution in [3.05, 3.63) is 29.5 Å². The van der Waals surface area contributed by atoms with Gasteiger partial charge in [0.1, 0.15) is 6.54 Å². The van der Waals surface area contributed by atoms with Crippen LogP contribution in [0.1, 0.15) is 18.2 Å². The Morgan fingerprint density at radius 1 is 1.24 bits per heavy atom. The van der Waals surface area contributed by atoms with Crippen molar-refractivity contribution in [3.8, 4) is 0 Å². The van der Waals surface area contributed by atoms with Gasteiger partial charge in [-0.05, 0) is 6.07 Å². The minimum absolute atomic E-state index is 0.112. The third kappa shape index (κ3) is 1.57. The monoisotopic (exact) mass is 283 g/mol. The number of hydrogen-bond donors (Lipinski definition) is 0. The molecule has 1 aromatic heterocycles. The summed E-state index contributed by atoms with van der Waals surface area (Å²) in [6, 6.07) is 6.08. The predicted octanol–water partition coefficient (Wildman–Crippen LogP) is 1.52. The molecule has 3 heterocycles. The van der Waals surface area contributed by atoms with Crippen LogP contribution in [0.3, 0.4) is 0 Å². The van der Waals surface area contributed by atoms with Gasteiger partial charge >= 0.3 is 0 Å². The standard InChI is InChI=1S/C16H17N3O2/c1-10(20)18-7-6-13-12(8-18)11-4-3-5-14-16(11)19(13)9-15(21)17(14)2/h3-5H,6-9H2,1-2H3. The number of anilines is 1. The van der Waals surface area contributed by atoms with Crippen LogP contribution in [-0.2, 0) is 29.1 Å². The number of amides is 2. The molecule has 0 bridgehead atoms. The van der Waals surface area contributed by atoms with Crippen molar-refractivity contribution in [1.82, 2.24) is 9.47 Å². The second-order valence-corrected chi connectivity index (χ2v) is 5.83. The average molecular weight is 283 g/mol. The number of carbonyl (C=O) groups excluding carboxylic acids is 2. The lowest BCUT2D eigenvalue weighted by Crippen LogP contribution is -2.37. The van der Waals surface area contributed by atoms with E-state index in [4.69, 9.17) is 0 Å². The van der Waals surface area contributed by atoms with E-state index in [1.165, 1.54) is 16.6 Å². The summed E-state index contributed by atoms with van der Waals surface area (Å²) >= 11 is 0. The summed E-state index contributed by atoms with van der Waals surface area (Å²) < 4.78 is 2.15. The number of nitrogens with zero attached hydrogens (tertiary/aromatic N) is 3. The Hall–Kier alpha value is -2.30. The van der Waals surface area contributed by atoms with Gasteiger partial charge in [-0.3, -0.25) is 9.59 Å². The lowest BCUT2D eigenvalue weighted by atomic mass is 10.0. The van der Waals surface area contributed by atoms with Crippen LogP contribution in [0.2, 0.25) is 0 Å². The average Bonchev–Trinajstić information content (AvgIpc) is 2.79. The molecule has 0 aliphatic carbocycles. The zero-order valence-electron chi connectivity index (χ0n) is 12.2. The maximum absolute atomic E-state index is 12.2. The first-order valence-corrected chi connectivity index (χ1v) is 7.23. The molecule has 0 fully saturated rings. The summed E-state index contributed by atoms with van der Waals surface area (Å²) in [6.45, 7) is 3.40. The number of hydrogen-bond acceptors (Lipinski definition) is 2. The van der Waals surface area contributed by atoms with Crippen molar-refractivity contribution in [2.75, 3.05) is 18.5 Å². The molecule has 0 saturated carbocycles. The number of benzene rings is 1. The quantitative estimate of drug-likeness (QED) is 0.736. The number of para-hydroxylation sites is 1. The van der Waals surface area contributed by atoms with Crippen molar-refractivity contribution in [2.24, 2.45) is 0 Å². The Kier molecular flexibility index (Phi) is 2.43. The van der Waals surface area contributed by atoms with Crippen molar-refractivity contribution in [3.63, 3.8) is 0 Å². The molecule has 2 amide bonds. The summed E-state index contributed by atoms with van der Waals surface area (Å²) in [5, 5.41) is 1.17. The summed E-state index contributed by atoms with van der Waals surface area (Å²) in [5.74, 6) is 0.225. The molecule has 21 heavy (non-hydrogen) atoms. The smallest absolute Gasteiger partial charge is 0.246 e. The SMILES string of the molecule is CC(=O)N1CCc2c(c3cccc4c3n2CC(=O)N4C)C1. The minimum Gasteiger partial charge on any atom is -0.338 e. The highest BCUT2D eigenvalue weighted by molar-refractivity contribution is 6.07. The molecular formula is C16H17N3O2. The van der Waals surface area contributed by atoms with Crippen LogP contribution in [0.15, 0.2) is 18.2 Å². The highest BCUT2D eigenvalue weighted by Crippen LogP contribution is 2.38. The molecular weight excluding hydrogens is 266 g/mol. The molecule has 108 valence electrons. The molecule has 4 rings (SSSR count). The van der Waals surface area contributed by atoms with Gasteiger partial charge in [-0.25, -0.2) is 0 Å². The molecule has 5 nitrogen and oxygen atoms in total. The summed E-state index contributed by atoms with van der Waals surface area (Å²) in [6.07, 6.45) is 0.819. The van der Waals surface area contributed by atoms with Gasteiger partial charge in [0.2, 0.25) is 11.8 Å². The predicted molar refractivity (Wildman–Crippen MR) is 80.1 cm³/mol. The van der Waals surface area contributed by atoms with Crippen LogP contribution in [0, 0.1) is 0 Å². The lowest BCUT2D eigenvalue weighted by Gasteiger charge is -2.28. The summed E-state index contributed by atoms with van der Waals surface area (Å²) in [7, 11) is 1.83. The molecule has 5 heteroatoms. The topological polar surface area (TPSA) is 45.6 Å². The van der Waals surface area contributed by atoms with Crippen LogP contribution < -0.4 is 4.90 Å². The highest BCUT2D eigenvalue weighted by Gasteiger charge is 2.31. The Morgan fingerprint density at radius 2 is 2.05 bits per heavy atom. The van der Waals surface area contributed by atoms with E-state index in [-0.39, 0.29) is 11.8 Å². The third-order valence-corrected chi connectivity index (χ3v) is 4.73. The molecule has 1 aromatic carbocycles. The van der Waals surface area contributed by atoms with Crippen LogP contribution in [0.4, 0.5) is 5.69 Å². The molecule has 0 unspecified atom stereocenters. The Morgan fingerprint density at radius 3 is 2.81 bits per heavy atom. The zero-order chi connectivity index (χ0) is 14.7. The Bertz CT molecular complexity index is 790. The maximum Gasteiger partial charge on any atom is 0.246 e. The number of likely N-dealkylation sites (N-methyl/N-ethyl adjacent to an activating group) is 1. The molecule has 2 aliphatic rings. The van der Waals surface area contributed by atoms with Gasteiger partial charge in [0.15, 0.2) is 0 Å². The van der Waals surface area contributed by atoms with E-state index in [0.717, 1.165) is 24.2 Å². The van der Waals surface area contributed by atoms with Gasteiger partial charge in [0.25, 0.3) is 0 Å². The van der Waals surface area contributed by atoms with E-state index in [1.54, 1.807) is 11.8 Å². The van der Waals surface area contributed by atoms with E-state index in [9.17, 15) is 9.59 Å². The molecule has 0 N–H and O–H groups in total. The number of aromatic nitrogens is 1. The van der Waals surface area contributed by atoms with Gasteiger partial charge in [-0.2, -0.15) is 0 Å². The van der Waals surface area contributed by atoms with Gasteiger partial charge in [-0.1, -0.05) is 12.1 Å². The van der Waals surface area contributed by atoms with Crippen LogP contribution in [0.25, 0.3) is 10.9 Å².